The second kappa shape index (κ2) is 2.88. The molecule has 74 valence electrons. The molecular weight excluding hydrogens is 198 g/mol. The van der Waals surface area contributed by atoms with E-state index in [9.17, 15) is 0 Å². The van der Waals surface area contributed by atoms with Crippen molar-refractivity contribution in [2.45, 2.75) is 12.8 Å². The second-order valence-electron chi connectivity index (χ2n) is 3.50. The van der Waals surface area contributed by atoms with Crippen LogP contribution < -0.4 is 10.6 Å². The molecule has 0 atom stereocenters. The number of hydrogen-bond donors (Lipinski definition) is 1. The van der Waals surface area contributed by atoms with Crippen LogP contribution in [-0.2, 0) is 0 Å². The average Bonchev–Trinajstić information content (AvgIpc) is 2.74. The molecule has 2 aromatic heterocycles. The third kappa shape index (κ3) is 1.16. The Kier molecular flexibility index (Phi) is 1.67. The molecule has 0 amide bonds. The van der Waals surface area contributed by atoms with Crippen LogP contribution in [0.1, 0.15) is 12.8 Å². The predicted octanol–water partition coefficient (Wildman–Crippen LogP) is 2.07. The molecule has 3 rings (SSSR count). The van der Waals surface area contributed by atoms with E-state index >= 15 is 0 Å². The summed E-state index contributed by atoms with van der Waals surface area (Å²) in [5, 5.41) is 1.25. The van der Waals surface area contributed by atoms with Gasteiger partial charge < -0.3 is 15.1 Å². The van der Waals surface area contributed by atoms with Crippen molar-refractivity contribution in [3.8, 4) is 0 Å². The van der Waals surface area contributed by atoms with Gasteiger partial charge in [-0.1, -0.05) is 11.3 Å². The van der Waals surface area contributed by atoms with Crippen molar-refractivity contribution in [3.63, 3.8) is 0 Å². The van der Waals surface area contributed by atoms with Gasteiger partial charge in [0.05, 0.1) is 5.00 Å². The van der Waals surface area contributed by atoms with Gasteiger partial charge in [-0.2, -0.15) is 4.98 Å². The fourth-order valence-corrected chi connectivity index (χ4v) is 2.85. The molecule has 2 aromatic rings. The van der Waals surface area contributed by atoms with E-state index < -0.39 is 0 Å². The van der Waals surface area contributed by atoms with E-state index in [1.807, 2.05) is 6.07 Å². The van der Waals surface area contributed by atoms with E-state index in [1.54, 1.807) is 11.3 Å². The Morgan fingerprint density at radius 2 is 2.21 bits per heavy atom. The number of nitrogen functional groups attached to an aromatic ring is 1. The first-order chi connectivity index (χ1) is 6.83. The number of aromatic nitrogens is 1. The Labute approximate surface area is 85.3 Å². The van der Waals surface area contributed by atoms with Crippen LogP contribution in [0, 0.1) is 0 Å². The molecular formula is C9H11N3OS. The first kappa shape index (κ1) is 8.11. The van der Waals surface area contributed by atoms with Gasteiger partial charge >= 0.3 is 0 Å². The van der Waals surface area contributed by atoms with Crippen LogP contribution in [0.25, 0.3) is 10.4 Å². The first-order valence-electron chi connectivity index (χ1n) is 4.74. The summed E-state index contributed by atoms with van der Waals surface area (Å²) >= 11 is 1.66. The lowest BCUT2D eigenvalue weighted by molar-refractivity contribution is 0.626. The summed E-state index contributed by atoms with van der Waals surface area (Å²) in [6.07, 6.45) is 2.57. The van der Waals surface area contributed by atoms with Crippen molar-refractivity contribution in [1.29, 1.82) is 0 Å². The topological polar surface area (TPSA) is 55.3 Å². The van der Waals surface area contributed by atoms with Crippen molar-refractivity contribution in [2.75, 3.05) is 23.7 Å². The van der Waals surface area contributed by atoms with Crippen molar-refractivity contribution in [1.82, 2.24) is 4.98 Å². The molecule has 5 heteroatoms. The first-order valence-corrected chi connectivity index (χ1v) is 5.55. The molecule has 1 aliphatic rings. The molecule has 14 heavy (non-hydrogen) atoms. The molecule has 1 fully saturated rings. The summed E-state index contributed by atoms with van der Waals surface area (Å²) in [6.45, 7) is 2.30. The van der Waals surface area contributed by atoms with Gasteiger partial charge in [-0.3, -0.25) is 0 Å². The zero-order chi connectivity index (χ0) is 9.54. The van der Waals surface area contributed by atoms with Gasteiger partial charge in [0.2, 0.25) is 0 Å². The number of thiophene rings is 1. The zero-order valence-electron chi connectivity index (χ0n) is 7.69. The normalized spacial score (nSPS) is 17.0. The quantitative estimate of drug-likeness (QED) is 0.781. The Morgan fingerprint density at radius 3 is 2.93 bits per heavy atom. The highest BCUT2D eigenvalue weighted by Crippen LogP contribution is 2.34. The van der Waals surface area contributed by atoms with Crippen LogP contribution in [0.5, 0.6) is 0 Å². The Bertz CT molecular complexity index is 424. The van der Waals surface area contributed by atoms with Crippen LogP contribution in [-0.4, -0.2) is 18.1 Å². The van der Waals surface area contributed by atoms with E-state index in [-0.39, 0.29) is 6.01 Å². The largest absolute Gasteiger partial charge is 0.423 e. The SMILES string of the molecule is Nc1nc2sc(N3CCCC3)cc2o1. The average molecular weight is 209 g/mol. The third-order valence-electron chi connectivity index (χ3n) is 2.51. The highest BCUT2D eigenvalue weighted by Gasteiger charge is 2.16. The van der Waals surface area contributed by atoms with Gasteiger partial charge in [0.25, 0.3) is 6.01 Å². The van der Waals surface area contributed by atoms with Gasteiger partial charge in [-0.25, -0.2) is 0 Å². The van der Waals surface area contributed by atoms with Crippen molar-refractivity contribution in [3.05, 3.63) is 6.07 Å². The Balaban J connectivity index is 2.01. The van der Waals surface area contributed by atoms with Crippen molar-refractivity contribution < 1.29 is 4.42 Å². The smallest absolute Gasteiger partial charge is 0.293 e. The Morgan fingerprint density at radius 1 is 1.43 bits per heavy atom. The number of nitrogens with two attached hydrogens (primary N) is 1. The molecule has 0 bridgehead atoms. The molecule has 0 unspecified atom stereocenters. The highest BCUT2D eigenvalue weighted by atomic mass is 32.1. The maximum atomic E-state index is 5.45. The number of nitrogens with zero attached hydrogens (tertiary/aromatic N) is 2. The second-order valence-corrected chi connectivity index (χ2v) is 4.51. The van der Waals surface area contributed by atoms with E-state index in [0.29, 0.717) is 0 Å². The van der Waals surface area contributed by atoms with E-state index in [2.05, 4.69) is 9.88 Å². The standard InChI is InChI=1S/C9H11N3OS/c10-9-11-8-6(13-9)5-7(14-8)12-3-1-2-4-12/h5H,1-4H2,(H2,10,11). The Hall–Kier alpha value is -1.23. The summed E-state index contributed by atoms with van der Waals surface area (Å²) in [6, 6.07) is 2.30. The van der Waals surface area contributed by atoms with E-state index in [1.165, 1.54) is 17.8 Å². The van der Waals surface area contributed by atoms with E-state index in [0.717, 1.165) is 23.5 Å². The maximum Gasteiger partial charge on any atom is 0.293 e. The molecule has 4 nitrogen and oxygen atoms in total. The molecule has 0 spiro atoms. The summed E-state index contributed by atoms with van der Waals surface area (Å²) in [7, 11) is 0. The molecule has 0 aliphatic carbocycles. The van der Waals surface area contributed by atoms with E-state index in [4.69, 9.17) is 10.2 Å². The highest BCUT2D eigenvalue weighted by molar-refractivity contribution is 7.22. The molecule has 0 radical (unpaired) electrons. The number of fused-ring (bicyclic) bond motifs is 1. The van der Waals surface area contributed by atoms with Crippen LogP contribution in [0.4, 0.5) is 11.0 Å². The monoisotopic (exact) mass is 209 g/mol. The fraction of sp³-hybridized carbons (Fsp3) is 0.444. The summed E-state index contributed by atoms with van der Waals surface area (Å²) in [4.78, 5) is 7.39. The number of rotatable bonds is 1. The van der Waals surface area contributed by atoms with Crippen LogP contribution in [0.15, 0.2) is 10.5 Å². The van der Waals surface area contributed by atoms with Gasteiger partial charge in [-0.05, 0) is 12.8 Å². The fourth-order valence-electron chi connectivity index (χ4n) is 1.83. The van der Waals surface area contributed by atoms with Crippen LogP contribution in [0.3, 0.4) is 0 Å². The summed E-state index contributed by atoms with van der Waals surface area (Å²) in [5.74, 6) is 0. The summed E-state index contributed by atoms with van der Waals surface area (Å²) < 4.78 is 5.26. The number of hydrogen-bond acceptors (Lipinski definition) is 5. The zero-order valence-corrected chi connectivity index (χ0v) is 8.51. The van der Waals surface area contributed by atoms with Crippen molar-refractivity contribution in [2.24, 2.45) is 0 Å². The molecule has 0 aromatic carbocycles. The van der Waals surface area contributed by atoms with Gasteiger partial charge in [0.15, 0.2) is 10.4 Å². The van der Waals surface area contributed by atoms with Crippen molar-refractivity contribution >= 4 is 32.8 Å². The lowest BCUT2D eigenvalue weighted by Gasteiger charge is -2.13. The minimum absolute atomic E-state index is 0.263. The van der Waals surface area contributed by atoms with Gasteiger partial charge in [0, 0.05) is 19.2 Å². The summed E-state index contributed by atoms with van der Waals surface area (Å²) in [5.41, 5.74) is 6.27. The molecule has 1 aliphatic heterocycles. The molecule has 1 saturated heterocycles. The molecule has 3 heterocycles. The van der Waals surface area contributed by atoms with Crippen LogP contribution in [0.2, 0.25) is 0 Å². The van der Waals surface area contributed by atoms with Gasteiger partial charge in [-0.15, -0.1) is 0 Å². The van der Waals surface area contributed by atoms with Gasteiger partial charge in [0.1, 0.15) is 0 Å². The van der Waals surface area contributed by atoms with Crippen LogP contribution >= 0.6 is 11.3 Å². The minimum Gasteiger partial charge on any atom is -0.423 e. The lowest BCUT2D eigenvalue weighted by atomic mass is 10.4. The molecule has 2 N–H and O–H groups in total. The number of anilines is 2. The molecule has 0 saturated carbocycles. The minimum atomic E-state index is 0.263. The maximum absolute atomic E-state index is 5.45. The number of oxazole rings is 1. The lowest BCUT2D eigenvalue weighted by Crippen LogP contribution is -2.15. The predicted molar refractivity (Wildman–Crippen MR) is 57.7 cm³/mol. The third-order valence-corrected chi connectivity index (χ3v) is 3.58.